The highest BCUT2D eigenvalue weighted by Crippen LogP contribution is 2.41. The lowest BCUT2D eigenvalue weighted by atomic mass is 9.81. The van der Waals surface area contributed by atoms with Crippen molar-refractivity contribution in [1.29, 1.82) is 0 Å². The van der Waals surface area contributed by atoms with Crippen LogP contribution in [-0.2, 0) is 19.1 Å². The van der Waals surface area contributed by atoms with Crippen LogP contribution in [0.4, 0.5) is 0 Å². The Morgan fingerprint density at radius 1 is 0.541 bits per heavy atom. The molecule has 0 aliphatic heterocycles. The van der Waals surface area contributed by atoms with Gasteiger partial charge in [-0.25, -0.2) is 0 Å². The van der Waals surface area contributed by atoms with Gasteiger partial charge in [-0.2, -0.15) is 0 Å². The van der Waals surface area contributed by atoms with Gasteiger partial charge in [-0.05, 0) is 59.7 Å². The smallest absolute Gasteiger partial charge is 0.303 e. The fourth-order valence-corrected chi connectivity index (χ4v) is 4.02. The van der Waals surface area contributed by atoms with Crippen molar-refractivity contribution in [3.05, 3.63) is 89.5 Å². The van der Waals surface area contributed by atoms with E-state index in [9.17, 15) is 14.4 Å². The van der Waals surface area contributed by atoms with E-state index in [0.29, 0.717) is 33.9 Å². The summed E-state index contributed by atoms with van der Waals surface area (Å²) in [5.41, 5.74) is 1.41. The number of ether oxygens (including phenoxy) is 5. The molecule has 0 bridgehead atoms. The lowest BCUT2D eigenvalue weighted by molar-refractivity contribution is -0.157. The van der Waals surface area contributed by atoms with Crippen molar-refractivity contribution < 1.29 is 38.1 Å². The third-order valence-corrected chi connectivity index (χ3v) is 5.80. The van der Waals surface area contributed by atoms with Gasteiger partial charge in [-0.15, -0.1) is 0 Å². The summed E-state index contributed by atoms with van der Waals surface area (Å²) in [6, 6.07) is 20.2. The molecular formula is C29H30O8. The first-order valence-corrected chi connectivity index (χ1v) is 11.6. The van der Waals surface area contributed by atoms with Gasteiger partial charge in [-0.1, -0.05) is 24.3 Å². The second-order valence-corrected chi connectivity index (χ2v) is 8.22. The van der Waals surface area contributed by atoms with Gasteiger partial charge in [0.05, 0.1) is 21.3 Å². The van der Waals surface area contributed by atoms with Crippen molar-refractivity contribution in [2.45, 2.75) is 26.1 Å². The van der Waals surface area contributed by atoms with E-state index in [1.165, 1.54) is 35.2 Å². The predicted molar refractivity (Wildman–Crippen MR) is 136 cm³/mol. The highest BCUT2D eigenvalue weighted by atomic mass is 16.6. The summed E-state index contributed by atoms with van der Waals surface area (Å²) in [6.07, 6.45) is -2.16. The van der Waals surface area contributed by atoms with Crippen LogP contribution in [0.15, 0.2) is 72.8 Å². The van der Waals surface area contributed by atoms with Crippen LogP contribution >= 0.6 is 0 Å². The van der Waals surface area contributed by atoms with Gasteiger partial charge >= 0.3 is 11.9 Å². The highest BCUT2D eigenvalue weighted by molar-refractivity contribution is 5.99. The van der Waals surface area contributed by atoms with Crippen molar-refractivity contribution in [2.24, 2.45) is 5.92 Å². The molecule has 194 valence electrons. The van der Waals surface area contributed by atoms with E-state index in [4.69, 9.17) is 23.7 Å². The van der Waals surface area contributed by atoms with Crippen LogP contribution in [-0.4, -0.2) is 39.1 Å². The van der Waals surface area contributed by atoms with E-state index in [2.05, 4.69) is 0 Å². The fraction of sp³-hybridized carbons (Fsp3) is 0.276. The minimum atomic E-state index is -1.12. The van der Waals surface area contributed by atoms with Gasteiger partial charge in [0.1, 0.15) is 35.4 Å². The number of Topliss-reactive ketones (excluding diaryl/α,β-unsaturated/α-hetero) is 1. The summed E-state index contributed by atoms with van der Waals surface area (Å²) in [6.45, 7) is 2.53. The Bertz CT molecular complexity index is 1130. The number of carbonyl (C=O) groups excluding carboxylic acids is 3. The molecule has 0 saturated heterocycles. The lowest BCUT2D eigenvalue weighted by Gasteiger charge is -2.32. The maximum absolute atomic E-state index is 14.1. The van der Waals surface area contributed by atoms with Crippen LogP contribution in [0.3, 0.4) is 0 Å². The molecular weight excluding hydrogens is 476 g/mol. The molecule has 8 nitrogen and oxygen atoms in total. The van der Waals surface area contributed by atoms with Crippen molar-refractivity contribution in [1.82, 2.24) is 0 Å². The second kappa shape index (κ2) is 12.6. The Kier molecular flexibility index (Phi) is 9.27. The molecule has 0 amide bonds. The van der Waals surface area contributed by atoms with Gasteiger partial charge in [0.25, 0.3) is 0 Å². The largest absolute Gasteiger partial charge is 0.497 e. The average Bonchev–Trinajstić information content (AvgIpc) is 2.91. The Hall–Kier alpha value is -4.33. The summed E-state index contributed by atoms with van der Waals surface area (Å²) in [7, 11) is 4.60. The second-order valence-electron chi connectivity index (χ2n) is 8.22. The minimum Gasteiger partial charge on any atom is -0.497 e. The molecule has 3 aromatic carbocycles. The fourth-order valence-electron chi connectivity index (χ4n) is 4.02. The standard InChI is InChI=1S/C29H30O8/c1-18(30)36-28(21-8-14-24(34-4)15-9-21)26(27(32)20-6-12-23(33-3)13-7-20)29(37-19(2)31)22-10-16-25(35-5)17-11-22/h6-17,26,28-29H,1-5H3/t28-,29-/m0/s1. The summed E-state index contributed by atoms with van der Waals surface area (Å²) >= 11 is 0. The summed E-state index contributed by atoms with van der Waals surface area (Å²) in [5.74, 6) is -0.930. The van der Waals surface area contributed by atoms with Crippen LogP contribution in [0.1, 0.15) is 47.5 Å². The van der Waals surface area contributed by atoms with Crippen molar-refractivity contribution in [3.8, 4) is 17.2 Å². The number of methoxy groups -OCH3 is 3. The Morgan fingerprint density at radius 2 is 0.865 bits per heavy atom. The first-order valence-electron chi connectivity index (χ1n) is 11.6. The van der Waals surface area contributed by atoms with Gasteiger partial charge in [-0.3, -0.25) is 14.4 Å². The number of ketones is 1. The quantitative estimate of drug-likeness (QED) is 0.261. The first-order chi connectivity index (χ1) is 17.8. The summed E-state index contributed by atoms with van der Waals surface area (Å²) < 4.78 is 27.2. The van der Waals surface area contributed by atoms with Crippen LogP contribution < -0.4 is 14.2 Å². The maximum Gasteiger partial charge on any atom is 0.303 e. The van der Waals surface area contributed by atoms with Gasteiger partial charge in [0.15, 0.2) is 5.78 Å². The molecule has 0 spiro atoms. The lowest BCUT2D eigenvalue weighted by Crippen LogP contribution is -2.33. The topological polar surface area (TPSA) is 97.4 Å². The summed E-state index contributed by atoms with van der Waals surface area (Å²) in [5, 5.41) is 0. The average molecular weight is 507 g/mol. The number of carbonyl (C=O) groups is 3. The molecule has 0 N–H and O–H groups in total. The van der Waals surface area contributed by atoms with Crippen LogP contribution in [0.25, 0.3) is 0 Å². The zero-order valence-electron chi connectivity index (χ0n) is 21.4. The van der Waals surface area contributed by atoms with Crippen LogP contribution in [0.5, 0.6) is 17.2 Å². The molecule has 3 rings (SSSR count). The number of benzene rings is 3. The van der Waals surface area contributed by atoms with Crippen molar-refractivity contribution in [3.63, 3.8) is 0 Å². The molecule has 0 fully saturated rings. The number of rotatable bonds is 11. The maximum atomic E-state index is 14.1. The Labute approximate surface area is 216 Å². The molecule has 0 unspecified atom stereocenters. The number of esters is 2. The van der Waals surface area contributed by atoms with E-state index in [1.54, 1.807) is 72.8 Å². The molecule has 0 aromatic heterocycles. The third-order valence-electron chi connectivity index (χ3n) is 5.80. The molecule has 0 aliphatic rings. The first kappa shape index (κ1) is 27.3. The molecule has 0 saturated carbocycles. The highest BCUT2D eigenvalue weighted by Gasteiger charge is 2.42. The molecule has 3 aromatic rings. The van der Waals surface area contributed by atoms with E-state index in [1.807, 2.05) is 0 Å². The van der Waals surface area contributed by atoms with E-state index < -0.39 is 30.1 Å². The molecule has 37 heavy (non-hydrogen) atoms. The molecule has 0 radical (unpaired) electrons. The number of hydrogen-bond acceptors (Lipinski definition) is 8. The normalized spacial score (nSPS) is 12.3. The summed E-state index contributed by atoms with van der Waals surface area (Å²) in [4.78, 5) is 38.6. The number of hydrogen-bond donors (Lipinski definition) is 0. The monoisotopic (exact) mass is 506 g/mol. The van der Waals surface area contributed by atoms with E-state index >= 15 is 0 Å². The molecule has 8 heteroatoms. The van der Waals surface area contributed by atoms with Gasteiger partial charge in [0.2, 0.25) is 0 Å². The van der Waals surface area contributed by atoms with Crippen LogP contribution in [0, 0.1) is 5.92 Å². The van der Waals surface area contributed by atoms with E-state index in [-0.39, 0.29) is 5.78 Å². The third kappa shape index (κ3) is 6.88. The Morgan fingerprint density at radius 3 is 1.16 bits per heavy atom. The minimum absolute atomic E-state index is 0.335. The molecule has 2 atom stereocenters. The Balaban J connectivity index is 2.21. The van der Waals surface area contributed by atoms with Crippen molar-refractivity contribution in [2.75, 3.05) is 21.3 Å². The van der Waals surface area contributed by atoms with Gasteiger partial charge in [0, 0.05) is 19.4 Å². The zero-order chi connectivity index (χ0) is 26.9. The van der Waals surface area contributed by atoms with Crippen LogP contribution in [0.2, 0.25) is 0 Å². The van der Waals surface area contributed by atoms with Gasteiger partial charge < -0.3 is 23.7 Å². The molecule has 0 aliphatic carbocycles. The molecule has 0 heterocycles. The van der Waals surface area contributed by atoms with E-state index in [0.717, 1.165) is 0 Å². The SMILES string of the molecule is COc1ccc(C(=O)C([C@@H](OC(C)=O)c2ccc(OC)cc2)[C@@H](OC(C)=O)c2ccc(OC)cc2)cc1. The predicted octanol–water partition coefficient (Wildman–Crippen LogP) is 5.12. The zero-order valence-corrected chi connectivity index (χ0v) is 21.4. The van der Waals surface area contributed by atoms with Crippen molar-refractivity contribution >= 4 is 17.7 Å².